The minimum absolute atomic E-state index is 0.111. The molecule has 0 aliphatic rings. The first-order valence-corrected chi connectivity index (χ1v) is 5.47. The molecule has 0 saturated carbocycles. The highest BCUT2D eigenvalue weighted by molar-refractivity contribution is 6.55. The van der Waals surface area contributed by atoms with E-state index in [1.807, 2.05) is 0 Å². The molecule has 0 spiro atoms. The Labute approximate surface area is 70.7 Å². The smallest absolute Gasteiger partial charge is 0.497 e. The van der Waals surface area contributed by atoms with Crippen molar-refractivity contribution in [3.63, 3.8) is 0 Å². The van der Waals surface area contributed by atoms with Crippen LogP contribution in [0.2, 0.25) is 0 Å². The third-order valence-corrected chi connectivity index (χ3v) is 2.26. The van der Waals surface area contributed by atoms with E-state index >= 15 is 0 Å². The van der Waals surface area contributed by atoms with E-state index in [1.165, 1.54) is 24.3 Å². The molecule has 0 saturated heterocycles. The molecule has 12 heavy (non-hydrogen) atoms. The van der Waals surface area contributed by atoms with Gasteiger partial charge in [0.1, 0.15) is 5.75 Å². The highest BCUT2D eigenvalue weighted by Gasteiger charge is 2.26. The molecule has 0 aliphatic heterocycles. The Bertz CT molecular complexity index is 251. The second-order valence-electron chi connectivity index (χ2n) is 2.62. The van der Waals surface area contributed by atoms with E-state index in [9.17, 15) is 0 Å². The summed E-state index contributed by atoms with van der Waals surface area (Å²) in [5, 5.41) is 8.88. The predicted molar refractivity (Wildman–Crippen MR) is 44.2 cm³/mol. The van der Waals surface area contributed by atoms with Gasteiger partial charge in [0.05, 0.1) is 0 Å². The molecule has 0 amide bonds. The fourth-order valence-electron chi connectivity index (χ4n) is 0.888. The van der Waals surface area contributed by atoms with Crippen LogP contribution in [0.15, 0.2) is 24.3 Å². The van der Waals surface area contributed by atoms with Gasteiger partial charge >= 0.3 is 8.80 Å². The number of hydrogen-bond donors (Lipinski definition) is 4. The summed E-state index contributed by atoms with van der Waals surface area (Å²) in [7, 11) is -4.00. The van der Waals surface area contributed by atoms with Crippen LogP contribution in [0.5, 0.6) is 5.75 Å². The molecular formula is C7H10O4Si. The van der Waals surface area contributed by atoms with E-state index in [2.05, 4.69) is 0 Å². The summed E-state index contributed by atoms with van der Waals surface area (Å²) in [4.78, 5) is 26.2. The average molecular weight is 186 g/mol. The van der Waals surface area contributed by atoms with E-state index in [0.717, 1.165) is 0 Å². The summed E-state index contributed by atoms with van der Waals surface area (Å²) >= 11 is 0. The maximum absolute atomic E-state index is 8.88. The molecule has 0 aliphatic carbocycles. The molecule has 1 aromatic rings. The Morgan fingerprint density at radius 2 is 1.50 bits per heavy atom. The molecule has 0 aromatic heterocycles. The van der Waals surface area contributed by atoms with E-state index in [1.54, 1.807) is 0 Å². The first-order valence-electron chi connectivity index (χ1n) is 3.42. The van der Waals surface area contributed by atoms with E-state index in [-0.39, 0.29) is 11.8 Å². The summed E-state index contributed by atoms with van der Waals surface area (Å²) in [5.74, 6) is 0.111. The molecule has 0 radical (unpaired) electrons. The van der Waals surface area contributed by atoms with E-state index in [4.69, 9.17) is 19.5 Å². The SMILES string of the molecule is Oc1ccc(C[Si](O)(O)O)cc1. The van der Waals surface area contributed by atoms with Gasteiger partial charge in [-0.05, 0) is 17.7 Å². The second kappa shape index (κ2) is 3.24. The molecule has 0 bridgehead atoms. The van der Waals surface area contributed by atoms with Crippen molar-refractivity contribution in [3.8, 4) is 5.75 Å². The van der Waals surface area contributed by atoms with E-state index < -0.39 is 8.80 Å². The first kappa shape index (κ1) is 9.21. The van der Waals surface area contributed by atoms with Crippen LogP contribution in [0.1, 0.15) is 5.56 Å². The minimum atomic E-state index is -4.00. The van der Waals surface area contributed by atoms with Crippen LogP contribution in [0.25, 0.3) is 0 Å². The molecule has 0 heterocycles. The standard InChI is InChI=1S/C7H10O4Si/c8-7-3-1-6(2-4-7)5-12(9,10)11/h1-4,8-11H,5H2. The number of aromatic hydroxyl groups is 1. The number of phenolic OH excluding ortho intramolecular Hbond substituents is 1. The number of benzene rings is 1. The van der Waals surface area contributed by atoms with Gasteiger partial charge in [0, 0.05) is 6.04 Å². The zero-order valence-electron chi connectivity index (χ0n) is 6.31. The molecular weight excluding hydrogens is 176 g/mol. The largest absolute Gasteiger partial charge is 0.508 e. The Hall–Kier alpha value is -0.883. The minimum Gasteiger partial charge on any atom is -0.508 e. The van der Waals surface area contributed by atoms with Crippen LogP contribution in [0.3, 0.4) is 0 Å². The number of phenols is 1. The highest BCUT2D eigenvalue weighted by Crippen LogP contribution is 2.11. The molecule has 4 N–H and O–H groups in total. The van der Waals surface area contributed by atoms with Crippen molar-refractivity contribution in [1.82, 2.24) is 0 Å². The van der Waals surface area contributed by atoms with Gasteiger partial charge in [-0.1, -0.05) is 12.1 Å². The Morgan fingerprint density at radius 1 is 1.00 bits per heavy atom. The van der Waals surface area contributed by atoms with Gasteiger partial charge in [-0.15, -0.1) is 0 Å². The molecule has 1 aromatic carbocycles. The lowest BCUT2D eigenvalue weighted by atomic mass is 10.2. The maximum atomic E-state index is 8.88. The summed E-state index contributed by atoms with van der Waals surface area (Å²) in [6.45, 7) is 0. The van der Waals surface area contributed by atoms with Crippen LogP contribution in [-0.4, -0.2) is 28.3 Å². The number of rotatable bonds is 2. The van der Waals surface area contributed by atoms with Crippen molar-refractivity contribution in [3.05, 3.63) is 29.8 Å². The summed E-state index contributed by atoms with van der Waals surface area (Å²) in [5.41, 5.74) is 0.590. The summed E-state index contributed by atoms with van der Waals surface area (Å²) in [6, 6.07) is 5.76. The van der Waals surface area contributed by atoms with Crippen molar-refractivity contribution >= 4 is 8.80 Å². The van der Waals surface area contributed by atoms with Gasteiger partial charge in [0.2, 0.25) is 0 Å². The quantitative estimate of drug-likeness (QED) is 0.464. The lowest BCUT2D eigenvalue weighted by molar-refractivity contribution is 0.227. The zero-order valence-corrected chi connectivity index (χ0v) is 7.31. The normalized spacial score (nSPS) is 11.6. The molecule has 1 rings (SSSR count). The summed E-state index contributed by atoms with van der Waals surface area (Å²) < 4.78 is 0. The fourth-order valence-corrected chi connectivity index (χ4v) is 1.67. The lowest BCUT2D eigenvalue weighted by Crippen LogP contribution is -2.37. The first-order chi connectivity index (χ1) is 5.47. The Kier molecular flexibility index (Phi) is 2.48. The molecule has 0 fully saturated rings. The van der Waals surface area contributed by atoms with Crippen LogP contribution in [0, 0.1) is 0 Å². The fraction of sp³-hybridized carbons (Fsp3) is 0.143. The third kappa shape index (κ3) is 3.01. The van der Waals surface area contributed by atoms with Gasteiger partial charge in [-0.3, -0.25) is 0 Å². The highest BCUT2D eigenvalue weighted by atomic mass is 28.4. The van der Waals surface area contributed by atoms with Crippen molar-refractivity contribution in [2.45, 2.75) is 6.04 Å². The Morgan fingerprint density at radius 3 is 1.92 bits per heavy atom. The van der Waals surface area contributed by atoms with Gasteiger partial charge in [0.25, 0.3) is 0 Å². The van der Waals surface area contributed by atoms with Crippen molar-refractivity contribution in [2.24, 2.45) is 0 Å². The maximum Gasteiger partial charge on any atom is 0.497 e. The molecule has 5 heteroatoms. The van der Waals surface area contributed by atoms with Crippen molar-refractivity contribution < 1.29 is 19.5 Å². The molecule has 4 nitrogen and oxygen atoms in total. The molecule has 66 valence electrons. The van der Waals surface area contributed by atoms with Gasteiger partial charge in [-0.2, -0.15) is 0 Å². The molecule has 0 atom stereocenters. The van der Waals surface area contributed by atoms with Crippen LogP contribution in [-0.2, 0) is 6.04 Å². The monoisotopic (exact) mass is 186 g/mol. The van der Waals surface area contributed by atoms with Gasteiger partial charge in [0.15, 0.2) is 0 Å². The van der Waals surface area contributed by atoms with Crippen LogP contribution >= 0.6 is 0 Å². The Balaban J connectivity index is 2.71. The zero-order chi connectivity index (χ0) is 9.19. The molecule has 0 unspecified atom stereocenters. The van der Waals surface area contributed by atoms with Crippen molar-refractivity contribution in [2.75, 3.05) is 0 Å². The third-order valence-electron chi connectivity index (χ3n) is 1.38. The second-order valence-corrected chi connectivity index (χ2v) is 4.52. The average Bonchev–Trinajstić information content (AvgIpc) is 1.91. The lowest BCUT2D eigenvalue weighted by Gasteiger charge is -2.08. The van der Waals surface area contributed by atoms with Crippen molar-refractivity contribution in [1.29, 1.82) is 0 Å². The van der Waals surface area contributed by atoms with Gasteiger partial charge < -0.3 is 19.5 Å². The predicted octanol–water partition coefficient (Wildman–Crippen LogP) is -0.610. The number of hydrogen-bond acceptors (Lipinski definition) is 4. The van der Waals surface area contributed by atoms with E-state index in [0.29, 0.717) is 5.56 Å². The topological polar surface area (TPSA) is 80.9 Å². The summed E-state index contributed by atoms with van der Waals surface area (Å²) in [6.07, 6.45) is 0. The van der Waals surface area contributed by atoms with Gasteiger partial charge in [-0.25, -0.2) is 0 Å². The van der Waals surface area contributed by atoms with Crippen LogP contribution in [0.4, 0.5) is 0 Å². The van der Waals surface area contributed by atoms with Crippen LogP contribution < -0.4 is 0 Å².